The molecule has 0 aliphatic heterocycles. The smallest absolute Gasteiger partial charge is 0.251 e. The number of aryl methyl sites for hydroxylation is 2. The van der Waals surface area contributed by atoms with Crippen molar-refractivity contribution in [3.63, 3.8) is 0 Å². The van der Waals surface area contributed by atoms with Crippen molar-refractivity contribution in [2.45, 2.75) is 71.8 Å². The zero-order valence-corrected chi connectivity index (χ0v) is 16.9. The monoisotopic (exact) mass is 364 g/mol. The quantitative estimate of drug-likeness (QED) is 0.796. The number of carbonyl (C=O) groups excluding carboxylic acids is 1. The van der Waals surface area contributed by atoms with Crippen molar-refractivity contribution in [2.75, 3.05) is 0 Å². The molecule has 3 nitrogen and oxygen atoms in total. The molecule has 1 saturated carbocycles. The molecule has 2 aliphatic carbocycles. The summed E-state index contributed by atoms with van der Waals surface area (Å²) in [5.74, 6) is 1.31. The Labute approximate surface area is 163 Å². The summed E-state index contributed by atoms with van der Waals surface area (Å²) in [7, 11) is 0. The molecule has 0 radical (unpaired) electrons. The van der Waals surface area contributed by atoms with Crippen molar-refractivity contribution in [3.05, 3.63) is 52.8 Å². The summed E-state index contributed by atoms with van der Waals surface area (Å²) in [6.07, 6.45) is 8.52. The molecule has 27 heavy (non-hydrogen) atoms. The van der Waals surface area contributed by atoms with Crippen LogP contribution in [0, 0.1) is 18.8 Å². The summed E-state index contributed by atoms with van der Waals surface area (Å²) in [5, 5.41) is 3.29. The summed E-state index contributed by atoms with van der Waals surface area (Å²) in [5.41, 5.74) is 6.20. The number of nitrogens with zero attached hydrogens (tertiary/aromatic N) is 1. The fraction of sp³-hybridized carbons (Fsp3) is 0.542. The Morgan fingerprint density at radius 1 is 1.04 bits per heavy atom. The van der Waals surface area contributed by atoms with Crippen LogP contribution in [0.2, 0.25) is 0 Å². The second-order valence-electron chi connectivity index (χ2n) is 8.69. The maximum absolute atomic E-state index is 12.7. The first-order chi connectivity index (χ1) is 13.0. The van der Waals surface area contributed by atoms with Crippen LogP contribution in [0.5, 0.6) is 0 Å². The zero-order chi connectivity index (χ0) is 19.0. The topological polar surface area (TPSA) is 34.0 Å². The van der Waals surface area contributed by atoms with Crippen LogP contribution in [0.25, 0.3) is 5.69 Å². The summed E-state index contributed by atoms with van der Waals surface area (Å²) in [6.45, 7) is 6.76. The molecule has 0 unspecified atom stereocenters. The number of nitrogens with one attached hydrogen (secondary N) is 1. The van der Waals surface area contributed by atoms with E-state index >= 15 is 0 Å². The van der Waals surface area contributed by atoms with Gasteiger partial charge >= 0.3 is 0 Å². The molecule has 1 amide bonds. The molecule has 0 bridgehead atoms. The number of aromatic nitrogens is 1. The third-order valence-electron chi connectivity index (χ3n) is 6.90. The summed E-state index contributed by atoms with van der Waals surface area (Å²) >= 11 is 0. The van der Waals surface area contributed by atoms with Gasteiger partial charge in [-0.3, -0.25) is 4.79 Å². The highest BCUT2D eigenvalue weighted by atomic mass is 16.1. The number of benzene rings is 1. The summed E-state index contributed by atoms with van der Waals surface area (Å²) in [4.78, 5) is 12.7. The average Bonchev–Trinajstić information content (AvgIpc) is 3.01. The lowest BCUT2D eigenvalue weighted by Gasteiger charge is -2.34. The van der Waals surface area contributed by atoms with Crippen LogP contribution in [-0.2, 0) is 12.8 Å². The van der Waals surface area contributed by atoms with E-state index in [0.717, 1.165) is 18.4 Å². The van der Waals surface area contributed by atoms with Crippen LogP contribution in [-0.4, -0.2) is 16.5 Å². The molecule has 0 spiro atoms. The Morgan fingerprint density at radius 2 is 1.78 bits per heavy atom. The van der Waals surface area contributed by atoms with Gasteiger partial charge < -0.3 is 9.88 Å². The van der Waals surface area contributed by atoms with Crippen LogP contribution in [0.3, 0.4) is 0 Å². The molecule has 1 N–H and O–H groups in total. The molecular weight excluding hydrogens is 332 g/mol. The molecule has 1 aromatic heterocycles. The van der Waals surface area contributed by atoms with Gasteiger partial charge in [0, 0.05) is 28.7 Å². The first kappa shape index (κ1) is 18.3. The highest BCUT2D eigenvalue weighted by Gasteiger charge is 2.28. The van der Waals surface area contributed by atoms with Gasteiger partial charge in [0.15, 0.2) is 0 Å². The fourth-order valence-corrected chi connectivity index (χ4v) is 5.01. The van der Waals surface area contributed by atoms with E-state index in [1.54, 1.807) is 0 Å². The average molecular weight is 365 g/mol. The van der Waals surface area contributed by atoms with Crippen molar-refractivity contribution < 1.29 is 4.79 Å². The summed E-state index contributed by atoms with van der Waals surface area (Å²) < 4.78 is 2.38. The van der Waals surface area contributed by atoms with E-state index in [1.165, 1.54) is 54.7 Å². The normalized spacial score (nSPS) is 25.1. The fourth-order valence-electron chi connectivity index (χ4n) is 5.01. The Bertz CT molecular complexity index is 818. The van der Waals surface area contributed by atoms with Gasteiger partial charge in [-0.1, -0.05) is 26.7 Å². The van der Waals surface area contributed by atoms with Crippen molar-refractivity contribution in [2.24, 2.45) is 11.8 Å². The highest BCUT2D eigenvalue weighted by molar-refractivity contribution is 5.94. The lowest BCUT2D eigenvalue weighted by molar-refractivity contribution is 0.0891. The van der Waals surface area contributed by atoms with E-state index < -0.39 is 0 Å². The van der Waals surface area contributed by atoms with Gasteiger partial charge in [-0.25, -0.2) is 0 Å². The van der Waals surface area contributed by atoms with Gasteiger partial charge in [0.25, 0.3) is 5.91 Å². The Hall–Kier alpha value is -2.03. The van der Waals surface area contributed by atoms with E-state index in [9.17, 15) is 4.79 Å². The molecule has 1 aromatic carbocycles. The maximum Gasteiger partial charge on any atom is 0.251 e. The number of hydrogen-bond acceptors (Lipinski definition) is 1. The van der Waals surface area contributed by atoms with E-state index in [0.29, 0.717) is 17.9 Å². The first-order valence-corrected chi connectivity index (χ1v) is 10.7. The molecule has 3 atom stereocenters. The molecule has 3 heteroatoms. The van der Waals surface area contributed by atoms with Crippen LogP contribution >= 0.6 is 0 Å². The predicted molar refractivity (Wildman–Crippen MR) is 111 cm³/mol. The van der Waals surface area contributed by atoms with Gasteiger partial charge in [0.2, 0.25) is 0 Å². The molecule has 1 fully saturated rings. The van der Waals surface area contributed by atoms with E-state index in [-0.39, 0.29) is 5.91 Å². The van der Waals surface area contributed by atoms with Gasteiger partial charge in [0.1, 0.15) is 0 Å². The number of rotatable bonds is 3. The second kappa shape index (κ2) is 7.53. The van der Waals surface area contributed by atoms with E-state index in [1.807, 2.05) is 12.1 Å². The van der Waals surface area contributed by atoms with Crippen LogP contribution < -0.4 is 5.32 Å². The van der Waals surface area contributed by atoms with Crippen LogP contribution in [0.4, 0.5) is 0 Å². The minimum absolute atomic E-state index is 0.0683. The van der Waals surface area contributed by atoms with Gasteiger partial charge in [-0.05, 0) is 86.8 Å². The Balaban J connectivity index is 1.51. The molecular formula is C24H32N2O. The molecule has 2 aliphatic rings. The molecule has 0 saturated heterocycles. The number of fused-ring (bicyclic) bond motifs is 1. The minimum atomic E-state index is 0.0683. The predicted octanol–water partition coefficient (Wildman–Crippen LogP) is 5.22. The van der Waals surface area contributed by atoms with Crippen LogP contribution in [0.15, 0.2) is 30.3 Å². The minimum Gasteiger partial charge on any atom is -0.349 e. The van der Waals surface area contributed by atoms with E-state index in [4.69, 9.17) is 0 Å². The van der Waals surface area contributed by atoms with Crippen molar-refractivity contribution >= 4 is 5.91 Å². The largest absolute Gasteiger partial charge is 0.349 e. The second-order valence-corrected chi connectivity index (χ2v) is 8.69. The van der Waals surface area contributed by atoms with Gasteiger partial charge in [-0.2, -0.15) is 0 Å². The third-order valence-corrected chi connectivity index (χ3v) is 6.90. The number of hydrogen-bond donors (Lipinski definition) is 1. The SMILES string of the molecule is Cc1cc2c(n1-c1ccc(C(=O)N[C@@H]3CCC[C@H](C)[C@@H]3C)cc1)CCCC2. The Kier molecular flexibility index (Phi) is 5.12. The highest BCUT2D eigenvalue weighted by Crippen LogP contribution is 2.30. The molecule has 4 rings (SSSR count). The lowest BCUT2D eigenvalue weighted by atomic mass is 9.78. The van der Waals surface area contributed by atoms with Gasteiger partial charge in [-0.15, -0.1) is 0 Å². The number of carbonyl (C=O) groups is 1. The van der Waals surface area contributed by atoms with Gasteiger partial charge in [0.05, 0.1) is 0 Å². The molecule has 2 aromatic rings. The van der Waals surface area contributed by atoms with Crippen molar-refractivity contribution in [3.8, 4) is 5.69 Å². The standard InChI is InChI=1S/C24H32N2O/c1-16-7-6-9-22(18(16)3)25-24(27)19-11-13-21(14-12-19)26-17(2)15-20-8-4-5-10-23(20)26/h11-16,18,22H,4-10H2,1-3H3,(H,25,27)/t16-,18-,22+/m0/s1. The van der Waals surface area contributed by atoms with E-state index in [2.05, 4.69) is 48.9 Å². The van der Waals surface area contributed by atoms with Crippen molar-refractivity contribution in [1.29, 1.82) is 0 Å². The summed E-state index contributed by atoms with van der Waals surface area (Å²) in [6, 6.07) is 10.8. The Morgan fingerprint density at radius 3 is 2.56 bits per heavy atom. The van der Waals surface area contributed by atoms with Crippen LogP contribution in [0.1, 0.15) is 73.3 Å². The zero-order valence-electron chi connectivity index (χ0n) is 16.9. The number of amides is 1. The lowest BCUT2D eigenvalue weighted by Crippen LogP contribution is -2.43. The third kappa shape index (κ3) is 3.56. The van der Waals surface area contributed by atoms with Crippen molar-refractivity contribution in [1.82, 2.24) is 9.88 Å². The molecule has 1 heterocycles. The maximum atomic E-state index is 12.7. The molecule has 144 valence electrons. The first-order valence-electron chi connectivity index (χ1n) is 10.7.